The predicted molar refractivity (Wildman–Crippen MR) is 128 cm³/mol. The highest BCUT2D eigenvalue weighted by molar-refractivity contribution is 6.30. The minimum absolute atomic E-state index is 0.173. The minimum atomic E-state index is -0.173. The molecular weight excluding hydrogens is 438 g/mol. The number of nitrogens with one attached hydrogen (secondary N) is 1. The van der Waals surface area contributed by atoms with Crippen molar-refractivity contribution in [1.82, 2.24) is 25.2 Å². The van der Waals surface area contributed by atoms with Gasteiger partial charge >= 0.3 is 0 Å². The van der Waals surface area contributed by atoms with Crippen molar-refractivity contribution in [3.8, 4) is 5.69 Å². The van der Waals surface area contributed by atoms with Crippen LogP contribution in [-0.4, -0.2) is 52.0 Å². The molecule has 5 rings (SSSR count). The lowest BCUT2D eigenvalue weighted by molar-refractivity contribution is 0.0124. The van der Waals surface area contributed by atoms with E-state index in [0.717, 1.165) is 48.2 Å². The normalized spacial score (nSPS) is 18.0. The first-order valence-electron chi connectivity index (χ1n) is 11.3. The Balaban J connectivity index is 1.60. The van der Waals surface area contributed by atoms with Crippen LogP contribution in [0.1, 0.15) is 46.6 Å². The third-order valence-electron chi connectivity index (χ3n) is 6.01. The number of amides is 1. The molecule has 0 bridgehead atoms. The van der Waals surface area contributed by atoms with E-state index in [9.17, 15) is 4.79 Å². The number of ether oxygens (including phenoxy) is 1. The summed E-state index contributed by atoms with van der Waals surface area (Å²) in [6, 6.07) is 11.7. The van der Waals surface area contributed by atoms with Gasteiger partial charge in [0.2, 0.25) is 0 Å². The molecule has 0 radical (unpaired) electrons. The van der Waals surface area contributed by atoms with E-state index in [0.29, 0.717) is 37.0 Å². The first-order valence-corrected chi connectivity index (χ1v) is 11.7. The van der Waals surface area contributed by atoms with E-state index in [4.69, 9.17) is 21.4 Å². The van der Waals surface area contributed by atoms with Gasteiger partial charge in [0, 0.05) is 36.1 Å². The Hall–Kier alpha value is -3.00. The maximum absolute atomic E-state index is 13.3. The van der Waals surface area contributed by atoms with Crippen molar-refractivity contribution in [2.45, 2.75) is 25.7 Å². The molecule has 1 aliphatic heterocycles. The summed E-state index contributed by atoms with van der Waals surface area (Å²) in [4.78, 5) is 17.5. The van der Waals surface area contributed by atoms with E-state index in [1.54, 1.807) is 12.4 Å². The monoisotopic (exact) mass is 463 g/mol. The van der Waals surface area contributed by atoms with Crippen LogP contribution in [-0.2, 0) is 11.2 Å². The number of pyridine rings is 1. The average molecular weight is 464 g/mol. The minimum Gasteiger partial charge on any atom is -0.379 e. The van der Waals surface area contributed by atoms with Crippen molar-refractivity contribution in [2.24, 2.45) is 0 Å². The number of allylic oxidation sites excluding steroid dienone is 1. The van der Waals surface area contributed by atoms with Crippen molar-refractivity contribution < 1.29 is 9.53 Å². The number of carbonyl (C=O) groups is 1. The Morgan fingerprint density at radius 1 is 1.03 bits per heavy atom. The summed E-state index contributed by atoms with van der Waals surface area (Å²) in [5, 5.41) is 7.45. The van der Waals surface area contributed by atoms with Gasteiger partial charge in [0.1, 0.15) is 0 Å². The fourth-order valence-corrected chi connectivity index (χ4v) is 4.51. The van der Waals surface area contributed by atoms with Crippen LogP contribution in [0.15, 0.2) is 48.8 Å². The van der Waals surface area contributed by atoms with E-state index >= 15 is 0 Å². The molecule has 3 heterocycles. The van der Waals surface area contributed by atoms with E-state index < -0.39 is 0 Å². The molecule has 0 saturated carbocycles. The smallest absolute Gasteiger partial charge is 0.286 e. The molecule has 3 aromatic rings. The summed E-state index contributed by atoms with van der Waals surface area (Å²) in [7, 11) is 0. The van der Waals surface area contributed by atoms with Gasteiger partial charge in [0.05, 0.1) is 24.6 Å². The van der Waals surface area contributed by atoms with Crippen LogP contribution in [0.5, 0.6) is 0 Å². The number of hydrogen-bond donors (Lipinski definition) is 1. The zero-order chi connectivity index (χ0) is 22.6. The summed E-state index contributed by atoms with van der Waals surface area (Å²) < 4.78 is 7.30. The Labute approximate surface area is 198 Å². The van der Waals surface area contributed by atoms with Gasteiger partial charge < -0.3 is 4.74 Å². The number of halogens is 1. The Morgan fingerprint density at radius 2 is 1.76 bits per heavy atom. The fraction of sp³-hybridized carbons (Fsp3) is 0.320. The van der Waals surface area contributed by atoms with Gasteiger partial charge in [-0.25, -0.2) is 9.69 Å². The number of benzene rings is 1. The summed E-state index contributed by atoms with van der Waals surface area (Å²) >= 11 is 6.09. The maximum Gasteiger partial charge on any atom is 0.286 e. The number of nitrogens with zero attached hydrogens (tertiary/aromatic N) is 4. The number of carbonyl (C=O) groups excluding carboxylic acids is 1. The lowest BCUT2D eigenvalue weighted by atomic mass is 10.0. The molecule has 2 aliphatic rings. The molecule has 0 atom stereocenters. The van der Waals surface area contributed by atoms with Gasteiger partial charge in [-0.15, -0.1) is 0 Å². The molecule has 7 nitrogen and oxygen atoms in total. The van der Waals surface area contributed by atoms with Crippen LogP contribution < -0.4 is 5.43 Å². The van der Waals surface area contributed by atoms with Crippen molar-refractivity contribution in [2.75, 3.05) is 26.3 Å². The Bertz CT molecular complexity index is 1150. The quantitative estimate of drug-likeness (QED) is 0.588. The molecule has 33 heavy (non-hydrogen) atoms. The highest BCUT2D eigenvalue weighted by Crippen LogP contribution is 2.35. The molecule has 1 aliphatic carbocycles. The van der Waals surface area contributed by atoms with Crippen LogP contribution in [0.25, 0.3) is 17.3 Å². The second-order valence-electron chi connectivity index (χ2n) is 8.26. The van der Waals surface area contributed by atoms with E-state index in [1.807, 2.05) is 46.1 Å². The summed E-state index contributed by atoms with van der Waals surface area (Å²) in [5.74, 6) is -0.173. The molecule has 1 amide bonds. The summed E-state index contributed by atoms with van der Waals surface area (Å²) in [6.07, 6.45) is 9.46. The Morgan fingerprint density at radius 3 is 2.52 bits per heavy atom. The first kappa shape index (κ1) is 21.8. The predicted octanol–water partition coefficient (Wildman–Crippen LogP) is 4.16. The van der Waals surface area contributed by atoms with Gasteiger partial charge in [-0.05, 0) is 67.2 Å². The molecular formula is C25H26ClN5O2. The van der Waals surface area contributed by atoms with Crippen LogP contribution in [0.2, 0.25) is 5.02 Å². The summed E-state index contributed by atoms with van der Waals surface area (Å²) in [6.45, 7) is 2.55. The van der Waals surface area contributed by atoms with E-state index in [1.165, 1.54) is 5.57 Å². The van der Waals surface area contributed by atoms with Crippen molar-refractivity contribution >= 4 is 29.2 Å². The number of hydrazine groups is 1. The van der Waals surface area contributed by atoms with Gasteiger partial charge in [-0.2, -0.15) is 5.10 Å². The van der Waals surface area contributed by atoms with Gasteiger partial charge in [-0.1, -0.05) is 23.7 Å². The number of rotatable bonds is 4. The molecule has 170 valence electrons. The standard InChI is InChI=1S/C25H26ClN5O2/c26-20-7-5-18(6-8-20)17-19-3-1-2-4-22-23(25(32)29-30-13-15-33-16-14-30)28-31(24(19)22)21-9-11-27-12-10-21/h5-12,17H,1-4,13-16H2,(H,29,32)/b19-17+. The summed E-state index contributed by atoms with van der Waals surface area (Å²) in [5.41, 5.74) is 8.64. The molecule has 1 aromatic carbocycles. The van der Waals surface area contributed by atoms with E-state index in [-0.39, 0.29) is 5.91 Å². The number of morpholine rings is 1. The molecule has 0 spiro atoms. The third kappa shape index (κ3) is 4.85. The van der Waals surface area contributed by atoms with Gasteiger partial charge in [0.15, 0.2) is 5.69 Å². The SMILES string of the molecule is O=C(NN1CCOCC1)c1nn(-c2ccncc2)c2c1CCCC/C2=C\c1ccc(Cl)cc1. The van der Waals surface area contributed by atoms with E-state index in [2.05, 4.69) is 16.5 Å². The van der Waals surface area contributed by atoms with Crippen molar-refractivity contribution in [3.63, 3.8) is 0 Å². The van der Waals surface area contributed by atoms with Crippen molar-refractivity contribution in [1.29, 1.82) is 0 Å². The van der Waals surface area contributed by atoms with Gasteiger partial charge in [0.25, 0.3) is 5.91 Å². The largest absolute Gasteiger partial charge is 0.379 e. The zero-order valence-electron chi connectivity index (χ0n) is 18.3. The number of fused-ring (bicyclic) bond motifs is 1. The molecule has 1 N–H and O–H groups in total. The van der Waals surface area contributed by atoms with Crippen LogP contribution >= 0.6 is 11.6 Å². The molecule has 1 saturated heterocycles. The molecule has 2 aromatic heterocycles. The topological polar surface area (TPSA) is 72.3 Å². The third-order valence-corrected chi connectivity index (χ3v) is 6.27. The number of aromatic nitrogens is 3. The Kier molecular flexibility index (Phi) is 6.53. The van der Waals surface area contributed by atoms with Crippen molar-refractivity contribution in [3.05, 3.63) is 76.3 Å². The molecule has 1 fully saturated rings. The number of hydrogen-bond acceptors (Lipinski definition) is 5. The molecule has 8 heteroatoms. The lowest BCUT2D eigenvalue weighted by Crippen LogP contribution is -2.48. The van der Waals surface area contributed by atoms with Crippen LogP contribution in [0.3, 0.4) is 0 Å². The first-order chi connectivity index (χ1) is 16.2. The maximum atomic E-state index is 13.3. The second-order valence-corrected chi connectivity index (χ2v) is 8.70. The second kappa shape index (κ2) is 9.87. The molecule has 0 unspecified atom stereocenters. The fourth-order valence-electron chi connectivity index (χ4n) is 4.38. The average Bonchev–Trinajstić information content (AvgIpc) is 3.11. The van der Waals surface area contributed by atoms with Crippen LogP contribution in [0.4, 0.5) is 0 Å². The zero-order valence-corrected chi connectivity index (χ0v) is 19.1. The highest BCUT2D eigenvalue weighted by Gasteiger charge is 2.28. The van der Waals surface area contributed by atoms with Gasteiger partial charge in [-0.3, -0.25) is 15.2 Å². The lowest BCUT2D eigenvalue weighted by Gasteiger charge is -2.26. The van der Waals surface area contributed by atoms with Crippen LogP contribution in [0, 0.1) is 0 Å². The highest BCUT2D eigenvalue weighted by atomic mass is 35.5.